The second kappa shape index (κ2) is 2.24. The van der Waals surface area contributed by atoms with Gasteiger partial charge in [0.15, 0.2) is 5.13 Å². The van der Waals surface area contributed by atoms with Crippen molar-refractivity contribution in [2.24, 2.45) is 0 Å². The number of aromatic nitrogens is 3. The number of aromatic amines is 1. The number of nitrogens with zero attached hydrogens (tertiary/aromatic N) is 2. The number of hydrogen-bond donors (Lipinski definition) is 2. The van der Waals surface area contributed by atoms with Crippen molar-refractivity contribution in [3.63, 3.8) is 0 Å². The van der Waals surface area contributed by atoms with Crippen molar-refractivity contribution in [3.05, 3.63) is 11.0 Å². The second-order valence-electron chi connectivity index (χ2n) is 1.94. The lowest BCUT2D eigenvalue weighted by molar-refractivity contribution is 1.20. The standard InChI is InChI=1S/C5H4N4S2/c6-5-9-2-3(10)7-1-8-4(2)11-5/h1H,(H2,6,9)(H,7,8,10). The molecule has 0 bridgehead atoms. The molecular formula is C5H4N4S2. The van der Waals surface area contributed by atoms with Gasteiger partial charge in [0.05, 0.1) is 6.33 Å². The molecule has 0 aliphatic carbocycles. The Morgan fingerprint density at radius 1 is 1.64 bits per heavy atom. The van der Waals surface area contributed by atoms with Crippen molar-refractivity contribution in [2.45, 2.75) is 0 Å². The van der Waals surface area contributed by atoms with E-state index in [1.54, 1.807) is 6.33 Å². The highest BCUT2D eigenvalue weighted by atomic mass is 32.1. The molecule has 0 unspecified atom stereocenters. The van der Waals surface area contributed by atoms with Crippen LogP contribution in [0.2, 0.25) is 0 Å². The van der Waals surface area contributed by atoms with Crippen LogP contribution < -0.4 is 5.73 Å². The smallest absolute Gasteiger partial charge is 0.182 e. The summed E-state index contributed by atoms with van der Waals surface area (Å²) in [6.45, 7) is 0. The normalized spacial score (nSPS) is 10.5. The average Bonchev–Trinajstić information content (AvgIpc) is 2.31. The molecule has 4 nitrogen and oxygen atoms in total. The highest BCUT2D eigenvalue weighted by molar-refractivity contribution is 7.71. The fraction of sp³-hybridized carbons (Fsp3) is 0. The molecule has 0 saturated heterocycles. The summed E-state index contributed by atoms with van der Waals surface area (Å²) in [5.74, 6) is 0. The average molecular weight is 184 g/mol. The molecule has 0 amide bonds. The van der Waals surface area contributed by atoms with Crippen molar-refractivity contribution >= 4 is 39.0 Å². The van der Waals surface area contributed by atoms with E-state index in [1.807, 2.05) is 0 Å². The number of nitrogens with one attached hydrogen (secondary N) is 1. The van der Waals surface area contributed by atoms with E-state index in [1.165, 1.54) is 11.3 Å². The van der Waals surface area contributed by atoms with Gasteiger partial charge < -0.3 is 10.7 Å². The Morgan fingerprint density at radius 2 is 2.45 bits per heavy atom. The minimum Gasteiger partial charge on any atom is -0.375 e. The fourth-order valence-electron chi connectivity index (χ4n) is 0.782. The SMILES string of the molecule is Nc1nc2c(=S)[nH]cnc2s1. The van der Waals surface area contributed by atoms with Crippen LogP contribution in [0.15, 0.2) is 6.33 Å². The summed E-state index contributed by atoms with van der Waals surface area (Å²) >= 11 is 6.30. The Balaban J connectivity index is 3.02. The molecule has 2 heterocycles. The van der Waals surface area contributed by atoms with E-state index in [2.05, 4.69) is 15.0 Å². The Hall–Kier alpha value is -1.01. The Kier molecular flexibility index (Phi) is 1.36. The quantitative estimate of drug-likeness (QED) is 0.606. The van der Waals surface area contributed by atoms with Gasteiger partial charge in [-0.25, -0.2) is 9.97 Å². The van der Waals surface area contributed by atoms with E-state index in [4.69, 9.17) is 18.0 Å². The lowest BCUT2D eigenvalue weighted by Gasteiger charge is -1.83. The van der Waals surface area contributed by atoms with Crippen molar-refractivity contribution in [3.8, 4) is 0 Å². The van der Waals surface area contributed by atoms with Crippen LogP contribution in [-0.4, -0.2) is 15.0 Å². The number of thiazole rings is 1. The zero-order valence-corrected chi connectivity index (χ0v) is 7.00. The fourth-order valence-corrected chi connectivity index (χ4v) is 1.73. The number of anilines is 1. The maximum absolute atomic E-state index is 5.47. The minimum atomic E-state index is 0.498. The molecule has 3 N–H and O–H groups in total. The van der Waals surface area contributed by atoms with Crippen molar-refractivity contribution in [2.75, 3.05) is 5.73 Å². The van der Waals surface area contributed by atoms with E-state index in [9.17, 15) is 0 Å². The molecule has 0 aliphatic heterocycles. The van der Waals surface area contributed by atoms with Gasteiger partial charge in [0.1, 0.15) is 15.0 Å². The molecule has 0 saturated carbocycles. The maximum Gasteiger partial charge on any atom is 0.182 e. The first-order valence-electron chi connectivity index (χ1n) is 2.87. The molecule has 2 aromatic rings. The summed E-state index contributed by atoms with van der Waals surface area (Å²) in [6, 6.07) is 0. The molecule has 0 aliphatic rings. The molecule has 2 aromatic heterocycles. The van der Waals surface area contributed by atoms with Crippen LogP contribution in [0.4, 0.5) is 5.13 Å². The predicted octanol–water partition coefficient (Wildman–Crippen LogP) is 1.33. The van der Waals surface area contributed by atoms with Gasteiger partial charge in [-0.2, -0.15) is 0 Å². The van der Waals surface area contributed by atoms with Crippen LogP contribution in [0.3, 0.4) is 0 Å². The molecule has 0 atom stereocenters. The Bertz CT molecular complexity index is 443. The number of fused-ring (bicyclic) bond motifs is 1. The third-order valence-corrected chi connectivity index (χ3v) is 2.32. The monoisotopic (exact) mass is 184 g/mol. The first kappa shape index (κ1) is 6.68. The van der Waals surface area contributed by atoms with Gasteiger partial charge in [-0.1, -0.05) is 23.6 Å². The number of rotatable bonds is 0. The molecule has 0 fully saturated rings. The summed E-state index contributed by atoms with van der Waals surface area (Å²) < 4.78 is 0.586. The van der Waals surface area contributed by atoms with E-state index in [0.717, 1.165) is 4.83 Å². The Labute approximate surface area is 71.1 Å². The van der Waals surface area contributed by atoms with Crippen LogP contribution in [-0.2, 0) is 0 Å². The minimum absolute atomic E-state index is 0.498. The molecule has 11 heavy (non-hydrogen) atoms. The lowest BCUT2D eigenvalue weighted by Crippen LogP contribution is -1.81. The van der Waals surface area contributed by atoms with Gasteiger partial charge in [0.2, 0.25) is 0 Å². The number of hydrogen-bond acceptors (Lipinski definition) is 5. The van der Waals surface area contributed by atoms with E-state index in [-0.39, 0.29) is 0 Å². The molecule has 6 heteroatoms. The molecule has 0 spiro atoms. The van der Waals surface area contributed by atoms with Crippen LogP contribution in [0, 0.1) is 4.64 Å². The molecule has 2 rings (SSSR count). The van der Waals surface area contributed by atoms with Gasteiger partial charge in [0.25, 0.3) is 0 Å². The van der Waals surface area contributed by atoms with Gasteiger partial charge in [-0.05, 0) is 0 Å². The van der Waals surface area contributed by atoms with Crippen LogP contribution in [0.1, 0.15) is 0 Å². The summed E-state index contributed by atoms with van der Waals surface area (Å²) in [6.07, 6.45) is 1.54. The predicted molar refractivity (Wildman–Crippen MR) is 47.0 cm³/mol. The maximum atomic E-state index is 5.47. The van der Waals surface area contributed by atoms with E-state index < -0.39 is 0 Å². The molecule has 0 radical (unpaired) electrons. The van der Waals surface area contributed by atoms with Crippen molar-refractivity contribution in [1.29, 1.82) is 0 Å². The number of nitrogens with two attached hydrogens (primary N) is 1. The third-order valence-electron chi connectivity index (χ3n) is 1.22. The largest absolute Gasteiger partial charge is 0.375 e. The summed E-state index contributed by atoms with van der Waals surface area (Å²) in [5, 5.41) is 0.498. The van der Waals surface area contributed by atoms with Crippen molar-refractivity contribution < 1.29 is 0 Å². The van der Waals surface area contributed by atoms with Crippen LogP contribution in [0.25, 0.3) is 10.3 Å². The zero-order chi connectivity index (χ0) is 7.84. The summed E-state index contributed by atoms with van der Waals surface area (Å²) in [4.78, 5) is 11.6. The van der Waals surface area contributed by atoms with E-state index >= 15 is 0 Å². The first-order valence-corrected chi connectivity index (χ1v) is 4.09. The van der Waals surface area contributed by atoms with Gasteiger partial charge in [0, 0.05) is 0 Å². The highest BCUT2D eigenvalue weighted by Crippen LogP contribution is 2.20. The number of nitrogen functional groups attached to an aromatic ring is 1. The third kappa shape index (κ3) is 0.997. The summed E-state index contributed by atoms with van der Waals surface area (Å²) in [7, 11) is 0. The first-order chi connectivity index (χ1) is 5.27. The highest BCUT2D eigenvalue weighted by Gasteiger charge is 2.01. The summed E-state index contributed by atoms with van der Waals surface area (Å²) in [5.41, 5.74) is 6.15. The lowest BCUT2D eigenvalue weighted by atomic mass is 10.6. The zero-order valence-electron chi connectivity index (χ0n) is 5.37. The van der Waals surface area contributed by atoms with Gasteiger partial charge in [-0.3, -0.25) is 0 Å². The van der Waals surface area contributed by atoms with Crippen LogP contribution >= 0.6 is 23.6 Å². The second-order valence-corrected chi connectivity index (χ2v) is 3.35. The van der Waals surface area contributed by atoms with Gasteiger partial charge in [-0.15, -0.1) is 0 Å². The van der Waals surface area contributed by atoms with Gasteiger partial charge >= 0.3 is 0 Å². The Morgan fingerprint density at radius 3 is 3.18 bits per heavy atom. The van der Waals surface area contributed by atoms with Crippen LogP contribution in [0.5, 0.6) is 0 Å². The van der Waals surface area contributed by atoms with E-state index in [0.29, 0.717) is 15.3 Å². The van der Waals surface area contributed by atoms with Crippen molar-refractivity contribution in [1.82, 2.24) is 15.0 Å². The molecule has 56 valence electrons. The topological polar surface area (TPSA) is 67.6 Å². The number of H-pyrrole nitrogens is 1. The molecule has 0 aromatic carbocycles. The molecular weight excluding hydrogens is 180 g/mol.